The van der Waals surface area contributed by atoms with Crippen LogP contribution in [0.25, 0.3) is 10.8 Å². The number of phenolic OH excluding ortho intramolecular Hbond substituents is 1. The molecule has 1 aromatic heterocycles. The van der Waals surface area contributed by atoms with E-state index >= 15 is 0 Å². The lowest BCUT2D eigenvalue weighted by molar-refractivity contribution is 0.460. The summed E-state index contributed by atoms with van der Waals surface area (Å²) in [6, 6.07) is 7.92. The first-order valence-corrected chi connectivity index (χ1v) is 7.79. The SMILES string of the molecule is CCN(c1nccc2ccc(O)cc12)C1CCCC1CN. The van der Waals surface area contributed by atoms with Crippen LogP contribution < -0.4 is 10.6 Å². The summed E-state index contributed by atoms with van der Waals surface area (Å²) in [7, 11) is 0. The lowest BCUT2D eigenvalue weighted by Crippen LogP contribution is -2.41. The third kappa shape index (κ3) is 2.56. The molecule has 21 heavy (non-hydrogen) atoms. The van der Waals surface area contributed by atoms with Gasteiger partial charge in [-0.05, 0) is 55.8 Å². The van der Waals surface area contributed by atoms with E-state index in [1.54, 1.807) is 6.07 Å². The molecule has 2 aromatic rings. The molecule has 4 heteroatoms. The molecular weight excluding hydrogens is 262 g/mol. The Balaban J connectivity index is 2.06. The van der Waals surface area contributed by atoms with Gasteiger partial charge in [0.1, 0.15) is 11.6 Å². The molecule has 0 saturated heterocycles. The zero-order valence-corrected chi connectivity index (χ0v) is 12.5. The third-order valence-electron chi connectivity index (χ3n) is 4.66. The van der Waals surface area contributed by atoms with Crippen LogP contribution in [0, 0.1) is 5.92 Å². The number of hydrogen-bond donors (Lipinski definition) is 2. The van der Waals surface area contributed by atoms with Gasteiger partial charge in [0.15, 0.2) is 0 Å². The van der Waals surface area contributed by atoms with Crippen LogP contribution in [0.5, 0.6) is 5.75 Å². The Kier molecular flexibility index (Phi) is 3.97. The van der Waals surface area contributed by atoms with Crippen molar-refractivity contribution in [1.29, 1.82) is 0 Å². The maximum Gasteiger partial charge on any atom is 0.136 e. The van der Waals surface area contributed by atoms with Crippen molar-refractivity contribution in [1.82, 2.24) is 4.98 Å². The molecule has 112 valence electrons. The van der Waals surface area contributed by atoms with Gasteiger partial charge in [-0.1, -0.05) is 12.5 Å². The number of fused-ring (bicyclic) bond motifs is 1. The summed E-state index contributed by atoms with van der Waals surface area (Å²) in [4.78, 5) is 6.97. The molecule has 1 aliphatic rings. The Labute approximate surface area is 125 Å². The average molecular weight is 285 g/mol. The summed E-state index contributed by atoms with van der Waals surface area (Å²) in [5, 5.41) is 11.9. The first kappa shape index (κ1) is 14.1. The monoisotopic (exact) mass is 285 g/mol. The van der Waals surface area contributed by atoms with Crippen molar-refractivity contribution < 1.29 is 5.11 Å². The van der Waals surface area contributed by atoms with Crippen molar-refractivity contribution in [2.45, 2.75) is 32.2 Å². The second-order valence-corrected chi connectivity index (χ2v) is 5.82. The van der Waals surface area contributed by atoms with Gasteiger partial charge in [0, 0.05) is 24.2 Å². The number of rotatable bonds is 4. The van der Waals surface area contributed by atoms with Gasteiger partial charge in [-0.2, -0.15) is 0 Å². The smallest absolute Gasteiger partial charge is 0.136 e. The maximum absolute atomic E-state index is 9.81. The maximum atomic E-state index is 9.81. The number of benzene rings is 1. The molecule has 1 fully saturated rings. The number of nitrogens with zero attached hydrogens (tertiary/aromatic N) is 2. The molecule has 1 aliphatic carbocycles. The van der Waals surface area contributed by atoms with E-state index in [-0.39, 0.29) is 5.75 Å². The van der Waals surface area contributed by atoms with E-state index in [0.29, 0.717) is 12.0 Å². The van der Waals surface area contributed by atoms with Crippen LogP contribution in [0.1, 0.15) is 26.2 Å². The molecule has 3 rings (SSSR count). The molecule has 1 aromatic carbocycles. The van der Waals surface area contributed by atoms with Gasteiger partial charge in [-0.25, -0.2) is 4.98 Å². The fraction of sp³-hybridized carbons (Fsp3) is 0.471. The number of pyridine rings is 1. The minimum Gasteiger partial charge on any atom is -0.508 e. The highest BCUT2D eigenvalue weighted by Crippen LogP contribution is 2.35. The van der Waals surface area contributed by atoms with Gasteiger partial charge in [-0.15, -0.1) is 0 Å². The number of phenols is 1. The highest BCUT2D eigenvalue weighted by Gasteiger charge is 2.31. The second kappa shape index (κ2) is 5.90. The summed E-state index contributed by atoms with van der Waals surface area (Å²) in [5.41, 5.74) is 5.94. The lowest BCUT2D eigenvalue weighted by atomic mass is 10.0. The summed E-state index contributed by atoms with van der Waals surface area (Å²) in [6.45, 7) is 3.80. The van der Waals surface area contributed by atoms with Crippen LogP contribution in [0.4, 0.5) is 5.82 Å². The second-order valence-electron chi connectivity index (χ2n) is 5.82. The van der Waals surface area contributed by atoms with E-state index in [0.717, 1.165) is 29.7 Å². The predicted molar refractivity (Wildman–Crippen MR) is 86.6 cm³/mol. The van der Waals surface area contributed by atoms with E-state index in [1.165, 1.54) is 19.3 Å². The Morgan fingerprint density at radius 2 is 2.19 bits per heavy atom. The van der Waals surface area contributed by atoms with Crippen molar-refractivity contribution in [2.75, 3.05) is 18.0 Å². The summed E-state index contributed by atoms with van der Waals surface area (Å²) in [5.74, 6) is 1.80. The highest BCUT2D eigenvalue weighted by atomic mass is 16.3. The molecule has 4 nitrogen and oxygen atoms in total. The Morgan fingerprint density at radius 1 is 1.33 bits per heavy atom. The van der Waals surface area contributed by atoms with Gasteiger partial charge in [-0.3, -0.25) is 0 Å². The largest absolute Gasteiger partial charge is 0.508 e. The van der Waals surface area contributed by atoms with Crippen LogP contribution in [-0.2, 0) is 0 Å². The number of nitrogens with two attached hydrogens (primary N) is 1. The number of anilines is 1. The first-order chi connectivity index (χ1) is 10.2. The number of aromatic nitrogens is 1. The van der Waals surface area contributed by atoms with Crippen LogP contribution >= 0.6 is 0 Å². The van der Waals surface area contributed by atoms with Gasteiger partial charge in [0.2, 0.25) is 0 Å². The quantitative estimate of drug-likeness (QED) is 0.906. The van der Waals surface area contributed by atoms with Crippen molar-refractivity contribution in [3.8, 4) is 5.75 Å². The van der Waals surface area contributed by atoms with Gasteiger partial charge in [0.25, 0.3) is 0 Å². The molecule has 0 spiro atoms. The lowest BCUT2D eigenvalue weighted by Gasteiger charge is -2.33. The van der Waals surface area contributed by atoms with E-state index in [2.05, 4.69) is 16.8 Å². The third-order valence-corrected chi connectivity index (χ3v) is 4.66. The topological polar surface area (TPSA) is 62.4 Å². The van der Waals surface area contributed by atoms with Gasteiger partial charge in [0.05, 0.1) is 0 Å². The van der Waals surface area contributed by atoms with Gasteiger partial charge < -0.3 is 15.7 Å². The van der Waals surface area contributed by atoms with Crippen molar-refractivity contribution >= 4 is 16.6 Å². The zero-order chi connectivity index (χ0) is 14.8. The van der Waals surface area contributed by atoms with E-state index in [1.807, 2.05) is 24.4 Å². The molecule has 2 unspecified atom stereocenters. The van der Waals surface area contributed by atoms with Crippen LogP contribution in [0.2, 0.25) is 0 Å². The van der Waals surface area contributed by atoms with Crippen molar-refractivity contribution in [3.05, 3.63) is 30.5 Å². The highest BCUT2D eigenvalue weighted by molar-refractivity contribution is 5.93. The average Bonchev–Trinajstić information content (AvgIpc) is 2.97. The molecular formula is C17H23N3O. The Hall–Kier alpha value is -1.81. The Morgan fingerprint density at radius 3 is 2.95 bits per heavy atom. The summed E-state index contributed by atoms with van der Waals surface area (Å²) < 4.78 is 0. The predicted octanol–water partition coefficient (Wildman–Crippen LogP) is 2.89. The zero-order valence-electron chi connectivity index (χ0n) is 12.5. The molecule has 0 bridgehead atoms. The van der Waals surface area contributed by atoms with Crippen molar-refractivity contribution in [2.24, 2.45) is 11.7 Å². The molecule has 2 atom stereocenters. The standard InChI is InChI=1S/C17H23N3O/c1-2-20(16-5-3-4-13(16)11-18)17-15-10-14(21)7-6-12(15)8-9-19-17/h6-10,13,16,21H,2-5,11,18H2,1H3. The first-order valence-electron chi connectivity index (χ1n) is 7.79. The normalized spacial score (nSPS) is 21.8. The minimum absolute atomic E-state index is 0.287. The molecule has 0 amide bonds. The van der Waals surface area contributed by atoms with E-state index < -0.39 is 0 Å². The molecule has 3 N–H and O–H groups in total. The summed E-state index contributed by atoms with van der Waals surface area (Å²) in [6.07, 6.45) is 5.46. The fourth-order valence-corrected chi connectivity index (χ4v) is 3.61. The van der Waals surface area contributed by atoms with Crippen LogP contribution in [0.15, 0.2) is 30.5 Å². The fourth-order valence-electron chi connectivity index (χ4n) is 3.61. The van der Waals surface area contributed by atoms with Gasteiger partial charge >= 0.3 is 0 Å². The van der Waals surface area contributed by atoms with Crippen LogP contribution in [-0.4, -0.2) is 29.2 Å². The molecule has 1 heterocycles. The van der Waals surface area contributed by atoms with Crippen molar-refractivity contribution in [3.63, 3.8) is 0 Å². The number of hydrogen-bond acceptors (Lipinski definition) is 4. The van der Waals surface area contributed by atoms with E-state index in [4.69, 9.17) is 5.73 Å². The molecule has 1 saturated carbocycles. The molecule has 0 aliphatic heterocycles. The number of aromatic hydroxyl groups is 1. The van der Waals surface area contributed by atoms with E-state index in [9.17, 15) is 5.11 Å². The molecule has 0 radical (unpaired) electrons. The van der Waals surface area contributed by atoms with Crippen LogP contribution in [0.3, 0.4) is 0 Å². The minimum atomic E-state index is 0.287. The summed E-state index contributed by atoms with van der Waals surface area (Å²) >= 11 is 0. The Bertz CT molecular complexity index is 628.